The van der Waals surface area contributed by atoms with E-state index in [1.54, 1.807) is 0 Å². The first-order chi connectivity index (χ1) is 6.95. The molecule has 0 aromatic rings. The highest BCUT2D eigenvalue weighted by Gasteiger charge is 2.72. The molecular weight excluding hydrogens is 184 g/mol. The number of hydrogen-bond acceptors (Lipinski definition) is 1. The maximum atomic E-state index is 12.2. The molecule has 0 N–H and O–H groups in total. The van der Waals surface area contributed by atoms with Gasteiger partial charge in [-0.2, -0.15) is 0 Å². The molecule has 0 heterocycles. The predicted molar refractivity (Wildman–Crippen MR) is 60.5 cm³/mol. The van der Waals surface area contributed by atoms with Crippen LogP contribution in [0.4, 0.5) is 0 Å². The van der Waals surface area contributed by atoms with Gasteiger partial charge in [0.2, 0.25) is 0 Å². The number of hydrogen-bond donors (Lipinski definition) is 0. The van der Waals surface area contributed by atoms with Crippen molar-refractivity contribution in [3.63, 3.8) is 0 Å². The minimum Gasteiger partial charge on any atom is -0.299 e. The average molecular weight is 206 g/mol. The summed E-state index contributed by atoms with van der Waals surface area (Å²) in [6.07, 6.45) is 7.74. The van der Waals surface area contributed by atoms with E-state index in [1.165, 1.54) is 38.5 Å². The fraction of sp³-hybridized carbons (Fsp3) is 0.929. The second-order valence-electron chi connectivity index (χ2n) is 6.86. The highest BCUT2D eigenvalue weighted by molar-refractivity contribution is 5.85. The molecule has 84 valence electrons. The van der Waals surface area contributed by atoms with Crippen molar-refractivity contribution < 1.29 is 4.79 Å². The van der Waals surface area contributed by atoms with Crippen molar-refractivity contribution in [3.8, 4) is 0 Å². The van der Waals surface area contributed by atoms with E-state index in [4.69, 9.17) is 0 Å². The Balaban J connectivity index is 2.16. The van der Waals surface area contributed by atoms with Crippen LogP contribution in [0.25, 0.3) is 0 Å². The van der Waals surface area contributed by atoms with Crippen LogP contribution in [0, 0.1) is 22.2 Å². The van der Waals surface area contributed by atoms with Crippen molar-refractivity contribution in [3.05, 3.63) is 0 Å². The van der Waals surface area contributed by atoms with E-state index >= 15 is 0 Å². The van der Waals surface area contributed by atoms with Gasteiger partial charge in [0.1, 0.15) is 5.78 Å². The van der Waals surface area contributed by atoms with E-state index in [1.807, 2.05) is 6.92 Å². The number of rotatable bonds is 1. The maximum absolute atomic E-state index is 12.2. The van der Waals surface area contributed by atoms with Crippen LogP contribution in [0.1, 0.15) is 59.3 Å². The minimum atomic E-state index is 0.0833. The van der Waals surface area contributed by atoms with Crippen molar-refractivity contribution in [1.82, 2.24) is 0 Å². The van der Waals surface area contributed by atoms with Crippen molar-refractivity contribution in [2.45, 2.75) is 59.3 Å². The molecule has 1 heteroatoms. The molecule has 1 nitrogen and oxygen atoms in total. The number of carbonyl (C=O) groups excluding carboxylic acids is 1. The lowest BCUT2D eigenvalue weighted by molar-refractivity contribution is -0.137. The van der Waals surface area contributed by atoms with E-state index in [-0.39, 0.29) is 5.41 Å². The summed E-state index contributed by atoms with van der Waals surface area (Å²) in [5.74, 6) is 1.21. The highest BCUT2D eigenvalue weighted by atomic mass is 16.1. The molecule has 3 saturated carbocycles. The third kappa shape index (κ3) is 0.855. The van der Waals surface area contributed by atoms with Gasteiger partial charge < -0.3 is 0 Å². The molecule has 0 aromatic carbocycles. The van der Waals surface area contributed by atoms with Gasteiger partial charge in [-0.1, -0.05) is 20.3 Å². The first kappa shape index (κ1) is 9.86. The second kappa shape index (κ2) is 2.49. The minimum absolute atomic E-state index is 0.0833. The summed E-state index contributed by atoms with van der Waals surface area (Å²) in [4.78, 5) is 12.2. The third-order valence-electron chi connectivity index (χ3n) is 6.25. The van der Waals surface area contributed by atoms with Crippen LogP contribution in [0.5, 0.6) is 0 Å². The van der Waals surface area contributed by atoms with E-state index < -0.39 is 0 Å². The Morgan fingerprint density at radius 3 is 2.53 bits per heavy atom. The van der Waals surface area contributed by atoms with Gasteiger partial charge in [-0.3, -0.25) is 4.79 Å². The van der Waals surface area contributed by atoms with Gasteiger partial charge in [0.25, 0.3) is 0 Å². The van der Waals surface area contributed by atoms with E-state index in [0.29, 0.717) is 22.5 Å². The second-order valence-corrected chi connectivity index (χ2v) is 6.86. The van der Waals surface area contributed by atoms with Crippen LogP contribution < -0.4 is 0 Å². The molecule has 3 rings (SSSR count). The molecule has 4 unspecified atom stereocenters. The Hall–Kier alpha value is -0.330. The van der Waals surface area contributed by atoms with Crippen molar-refractivity contribution in [2.75, 3.05) is 0 Å². The average Bonchev–Trinajstić information content (AvgIpc) is 2.72. The Kier molecular flexibility index (Phi) is 1.64. The largest absolute Gasteiger partial charge is 0.299 e. The molecule has 3 aliphatic carbocycles. The smallest absolute Gasteiger partial charge is 0.136 e. The summed E-state index contributed by atoms with van der Waals surface area (Å²) in [6, 6.07) is 0. The highest BCUT2D eigenvalue weighted by Crippen LogP contribution is 2.77. The summed E-state index contributed by atoms with van der Waals surface area (Å²) in [5.41, 5.74) is 0.922. The van der Waals surface area contributed by atoms with E-state index in [0.717, 1.165) is 0 Å². The fourth-order valence-corrected chi connectivity index (χ4v) is 5.83. The summed E-state index contributed by atoms with van der Waals surface area (Å²) in [6.45, 7) is 6.69. The van der Waals surface area contributed by atoms with Gasteiger partial charge in [-0.05, 0) is 55.8 Å². The van der Waals surface area contributed by atoms with Crippen LogP contribution in [0.2, 0.25) is 0 Å². The molecule has 0 amide bonds. The van der Waals surface area contributed by atoms with Crippen molar-refractivity contribution in [1.29, 1.82) is 0 Å². The summed E-state index contributed by atoms with van der Waals surface area (Å²) in [5, 5.41) is 0. The van der Waals surface area contributed by atoms with E-state index in [9.17, 15) is 4.79 Å². The zero-order chi connectivity index (χ0) is 10.9. The lowest BCUT2D eigenvalue weighted by Gasteiger charge is -2.46. The summed E-state index contributed by atoms with van der Waals surface area (Å²) >= 11 is 0. The topological polar surface area (TPSA) is 17.1 Å². The third-order valence-corrected chi connectivity index (χ3v) is 6.25. The van der Waals surface area contributed by atoms with Gasteiger partial charge in [0.05, 0.1) is 0 Å². The quantitative estimate of drug-likeness (QED) is 0.641. The standard InChI is InChI=1S/C14H22O/c1-10(15)14-6-4-5-11(14)12(2)7-8-13(14,3)9-12/h11H,4-9H2,1-3H3. The van der Waals surface area contributed by atoms with Crippen LogP contribution in [-0.2, 0) is 4.79 Å². The van der Waals surface area contributed by atoms with Crippen LogP contribution in [0.15, 0.2) is 0 Å². The summed E-state index contributed by atoms with van der Waals surface area (Å²) < 4.78 is 0. The lowest BCUT2D eigenvalue weighted by atomic mass is 9.56. The molecule has 0 radical (unpaired) electrons. The predicted octanol–water partition coefficient (Wildman–Crippen LogP) is 3.57. The molecule has 3 aliphatic rings. The fourth-order valence-electron chi connectivity index (χ4n) is 5.83. The zero-order valence-corrected chi connectivity index (χ0v) is 10.2. The van der Waals surface area contributed by atoms with Crippen LogP contribution in [0.3, 0.4) is 0 Å². The summed E-state index contributed by atoms with van der Waals surface area (Å²) in [7, 11) is 0. The van der Waals surface area contributed by atoms with Gasteiger partial charge >= 0.3 is 0 Å². The SMILES string of the molecule is CC(=O)C12CCCC1C1(C)CCC2(C)C1. The monoisotopic (exact) mass is 206 g/mol. The lowest BCUT2D eigenvalue weighted by Crippen LogP contribution is -2.45. The molecule has 4 atom stereocenters. The molecule has 3 fully saturated rings. The van der Waals surface area contributed by atoms with Gasteiger partial charge in [0, 0.05) is 5.41 Å². The van der Waals surface area contributed by atoms with Gasteiger partial charge in [-0.15, -0.1) is 0 Å². The van der Waals surface area contributed by atoms with Crippen molar-refractivity contribution >= 4 is 5.78 Å². The zero-order valence-electron chi connectivity index (χ0n) is 10.2. The normalized spacial score (nSPS) is 57.1. The molecule has 2 bridgehead atoms. The molecular formula is C14H22O. The Labute approximate surface area is 92.6 Å². The molecule has 0 aromatic heterocycles. The number of fused-ring (bicyclic) bond motifs is 5. The number of ketones is 1. The van der Waals surface area contributed by atoms with Crippen molar-refractivity contribution in [2.24, 2.45) is 22.2 Å². The maximum Gasteiger partial charge on any atom is 0.136 e. The van der Waals surface area contributed by atoms with Crippen LogP contribution in [-0.4, -0.2) is 5.78 Å². The first-order valence-electron chi connectivity index (χ1n) is 6.46. The number of Topliss-reactive ketones (excluding diaryl/α,β-unsaturated/α-hetero) is 1. The molecule has 15 heavy (non-hydrogen) atoms. The first-order valence-corrected chi connectivity index (χ1v) is 6.46. The Morgan fingerprint density at radius 1 is 1.20 bits per heavy atom. The number of carbonyl (C=O) groups is 1. The molecule has 0 aliphatic heterocycles. The molecule has 0 saturated heterocycles. The Morgan fingerprint density at radius 2 is 1.93 bits per heavy atom. The van der Waals surface area contributed by atoms with Gasteiger partial charge in [-0.25, -0.2) is 0 Å². The van der Waals surface area contributed by atoms with Gasteiger partial charge in [0.15, 0.2) is 0 Å². The van der Waals surface area contributed by atoms with Crippen LogP contribution >= 0.6 is 0 Å². The Bertz CT molecular complexity index is 334. The van der Waals surface area contributed by atoms with E-state index in [2.05, 4.69) is 13.8 Å². The molecule has 0 spiro atoms.